The number of hydrogen-bond acceptors (Lipinski definition) is 2. The van der Waals surface area contributed by atoms with E-state index in [9.17, 15) is 4.79 Å². The summed E-state index contributed by atoms with van der Waals surface area (Å²) in [5.41, 5.74) is 0. The number of hydrogen-bond donors (Lipinski definition) is 1. The number of allylic oxidation sites excluding steroid dienone is 2. The number of carbonyl (C=O) groups excluding carboxylic acids is 1. The Bertz CT molecular complexity index is 206. The lowest BCUT2D eigenvalue weighted by atomic mass is 10.2. The first-order chi connectivity index (χ1) is 5.22. The monoisotopic (exact) mass is 151 g/mol. The van der Waals surface area contributed by atoms with Crippen LogP contribution in [0.4, 0.5) is 0 Å². The maximum Gasteiger partial charge on any atom is 0.255 e. The highest BCUT2D eigenvalue weighted by Crippen LogP contribution is 2.04. The molecule has 1 heterocycles. The molecule has 1 aliphatic heterocycles. The van der Waals surface area contributed by atoms with E-state index in [4.69, 9.17) is 0 Å². The van der Waals surface area contributed by atoms with Crippen LogP contribution in [0.3, 0.4) is 0 Å². The van der Waals surface area contributed by atoms with Crippen molar-refractivity contribution < 1.29 is 4.79 Å². The summed E-state index contributed by atoms with van der Waals surface area (Å²) in [5.74, 6) is -0.00870. The summed E-state index contributed by atoms with van der Waals surface area (Å²) in [6.45, 7) is 0. The van der Waals surface area contributed by atoms with Crippen molar-refractivity contribution in [3.8, 4) is 0 Å². The molecule has 0 aliphatic carbocycles. The van der Waals surface area contributed by atoms with Crippen LogP contribution < -0.4 is 5.32 Å². The third-order valence-corrected chi connectivity index (χ3v) is 1.35. The SMILES string of the molecule is CN(C)C(=O)[C]1C=CC=CN1. The molecule has 3 nitrogen and oxygen atoms in total. The molecule has 1 aliphatic rings. The molecule has 59 valence electrons. The number of dihydropyridines is 1. The van der Waals surface area contributed by atoms with Crippen molar-refractivity contribution in [1.29, 1.82) is 0 Å². The average molecular weight is 151 g/mol. The summed E-state index contributed by atoms with van der Waals surface area (Å²) in [7, 11) is 3.45. The molecule has 0 saturated heterocycles. The second-order valence-corrected chi connectivity index (χ2v) is 2.48. The summed E-state index contributed by atoms with van der Waals surface area (Å²) >= 11 is 0. The molecule has 11 heavy (non-hydrogen) atoms. The van der Waals surface area contributed by atoms with Crippen LogP contribution in [0.5, 0.6) is 0 Å². The van der Waals surface area contributed by atoms with E-state index in [2.05, 4.69) is 5.32 Å². The first-order valence-electron chi connectivity index (χ1n) is 3.40. The Labute approximate surface area is 66.4 Å². The number of carbonyl (C=O) groups is 1. The van der Waals surface area contributed by atoms with Crippen molar-refractivity contribution >= 4 is 5.91 Å². The Morgan fingerprint density at radius 1 is 1.45 bits per heavy atom. The third-order valence-electron chi connectivity index (χ3n) is 1.35. The van der Waals surface area contributed by atoms with Gasteiger partial charge in [0.1, 0.15) is 0 Å². The van der Waals surface area contributed by atoms with Crippen LogP contribution in [0.15, 0.2) is 24.4 Å². The number of nitrogens with one attached hydrogen (secondary N) is 1. The fourth-order valence-electron chi connectivity index (χ4n) is 0.767. The van der Waals surface area contributed by atoms with Gasteiger partial charge in [0.2, 0.25) is 0 Å². The molecule has 1 amide bonds. The maximum atomic E-state index is 11.2. The molecule has 3 heteroatoms. The van der Waals surface area contributed by atoms with Crippen LogP contribution in [0.25, 0.3) is 0 Å². The minimum absolute atomic E-state index is 0.00870. The summed E-state index contributed by atoms with van der Waals surface area (Å²) in [6.07, 6.45) is 7.15. The molecule has 0 unspecified atom stereocenters. The van der Waals surface area contributed by atoms with Gasteiger partial charge in [-0.3, -0.25) is 4.79 Å². The number of rotatable bonds is 1. The van der Waals surface area contributed by atoms with E-state index in [1.165, 1.54) is 4.90 Å². The third kappa shape index (κ3) is 1.83. The predicted octanol–water partition coefficient (Wildman–Crippen LogP) is 0.280. The van der Waals surface area contributed by atoms with Crippen molar-refractivity contribution in [1.82, 2.24) is 10.2 Å². The van der Waals surface area contributed by atoms with Crippen LogP contribution in [-0.4, -0.2) is 24.9 Å². The molecule has 0 bridgehead atoms. The molecular weight excluding hydrogens is 140 g/mol. The number of amides is 1. The molecule has 1 rings (SSSR count). The highest BCUT2D eigenvalue weighted by Gasteiger charge is 2.17. The lowest BCUT2D eigenvalue weighted by molar-refractivity contribution is -0.126. The van der Waals surface area contributed by atoms with Crippen LogP contribution in [0.1, 0.15) is 0 Å². The van der Waals surface area contributed by atoms with Gasteiger partial charge in [0, 0.05) is 14.1 Å². The summed E-state index contributed by atoms with van der Waals surface area (Å²) in [6, 6.07) is 0.609. The molecule has 0 atom stereocenters. The fourth-order valence-corrected chi connectivity index (χ4v) is 0.767. The molecule has 0 fully saturated rings. The van der Waals surface area contributed by atoms with E-state index in [0.717, 1.165) is 0 Å². The van der Waals surface area contributed by atoms with E-state index in [1.54, 1.807) is 26.4 Å². The van der Waals surface area contributed by atoms with E-state index >= 15 is 0 Å². The first kappa shape index (κ1) is 7.85. The molecule has 1 N–H and O–H groups in total. The summed E-state index contributed by atoms with van der Waals surface area (Å²) in [5, 5.41) is 2.86. The molecule has 1 radical (unpaired) electrons. The molecule has 0 aromatic rings. The van der Waals surface area contributed by atoms with Crippen molar-refractivity contribution in [3.05, 3.63) is 30.5 Å². The van der Waals surface area contributed by atoms with Gasteiger partial charge in [-0.15, -0.1) is 0 Å². The lowest BCUT2D eigenvalue weighted by Crippen LogP contribution is -2.34. The molecular formula is C8H11N2O. The molecule has 0 saturated carbocycles. The largest absolute Gasteiger partial charge is 0.371 e. The van der Waals surface area contributed by atoms with E-state index < -0.39 is 0 Å². The quantitative estimate of drug-likeness (QED) is 0.583. The second-order valence-electron chi connectivity index (χ2n) is 2.48. The maximum absolute atomic E-state index is 11.2. The fraction of sp³-hybridized carbons (Fsp3) is 0.250. The van der Waals surface area contributed by atoms with Crippen LogP contribution in [0, 0.1) is 6.04 Å². The Kier molecular flexibility index (Phi) is 2.31. The first-order valence-corrected chi connectivity index (χ1v) is 3.40. The molecule has 0 spiro atoms. The van der Waals surface area contributed by atoms with E-state index in [0.29, 0.717) is 6.04 Å². The zero-order valence-electron chi connectivity index (χ0n) is 6.66. The molecule has 0 aromatic heterocycles. The Morgan fingerprint density at radius 3 is 2.64 bits per heavy atom. The van der Waals surface area contributed by atoms with Gasteiger partial charge in [0.05, 0.1) is 0 Å². The number of likely N-dealkylation sites (N-methyl/N-ethyl adjacent to an activating group) is 1. The Morgan fingerprint density at radius 2 is 2.18 bits per heavy atom. The van der Waals surface area contributed by atoms with Crippen molar-refractivity contribution in [3.63, 3.8) is 0 Å². The minimum Gasteiger partial charge on any atom is -0.371 e. The van der Waals surface area contributed by atoms with Crippen molar-refractivity contribution in [2.24, 2.45) is 0 Å². The highest BCUT2D eigenvalue weighted by atomic mass is 16.2. The Balaban J connectivity index is 2.55. The van der Waals surface area contributed by atoms with Gasteiger partial charge in [-0.2, -0.15) is 0 Å². The van der Waals surface area contributed by atoms with Crippen molar-refractivity contribution in [2.75, 3.05) is 14.1 Å². The van der Waals surface area contributed by atoms with Crippen molar-refractivity contribution in [2.45, 2.75) is 0 Å². The summed E-state index contributed by atoms with van der Waals surface area (Å²) in [4.78, 5) is 12.8. The average Bonchev–Trinajstić information content (AvgIpc) is 2.05. The highest BCUT2D eigenvalue weighted by molar-refractivity contribution is 5.92. The lowest BCUT2D eigenvalue weighted by Gasteiger charge is -2.17. The normalized spacial score (nSPS) is 16.2. The zero-order chi connectivity index (χ0) is 8.27. The predicted molar refractivity (Wildman–Crippen MR) is 43.4 cm³/mol. The van der Waals surface area contributed by atoms with Gasteiger partial charge >= 0.3 is 0 Å². The van der Waals surface area contributed by atoms with Gasteiger partial charge in [-0.1, -0.05) is 6.08 Å². The smallest absolute Gasteiger partial charge is 0.255 e. The van der Waals surface area contributed by atoms with Gasteiger partial charge in [-0.05, 0) is 18.4 Å². The van der Waals surface area contributed by atoms with E-state index in [-0.39, 0.29) is 5.91 Å². The zero-order valence-corrected chi connectivity index (χ0v) is 6.66. The van der Waals surface area contributed by atoms with Crippen LogP contribution >= 0.6 is 0 Å². The van der Waals surface area contributed by atoms with Crippen LogP contribution in [-0.2, 0) is 4.79 Å². The van der Waals surface area contributed by atoms with Crippen LogP contribution in [0.2, 0.25) is 0 Å². The molecule has 0 aromatic carbocycles. The van der Waals surface area contributed by atoms with Gasteiger partial charge in [0.25, 0.3) is 5.91 Å². The van der Waals surface area contributed by atoms with Gasteiger partial charge in [0.15, 0.2) is 6.04 Å². The Hall–Kier alpha value is -1.25. The summed E-state index contributed by atoms with van der Waals surface area (Å²) < 4.78 is 0. The second kappa shape index (κ2) is 3.23. The number of nitrogens with zero attached hydrogens (tertiary/aromatic N) is 1. The van der Waals surface area contributed by atoms with Gasteiger partial charge in [-0.25, -0.2) is 0 Å². The minimum atomic E-state index is -0.00870. The van der Waals surface area contributed by atoms with Gasteiger partial charge < -0.3 is 10.2 Å². The standard InChI is InChI=1S/C8H11N2O/c1-10(2)8(11)7-5-3-4-6-9-7/h3-6,9H,1-2H3. The topological polar surface area (TPSA) is 32.3 Å². The van der Waals surface area contributed by atoms with E-state index in [1.807, 2.05) is 12.2 Å².